The second-order valence-corrected chi connectivity index (χ2v) is 6.48. The van der Waals surface area contributed by atoms with Gasteiger partial charge in [-0.15, -0.1) is 0 Å². The van der Waals surface area contributed by atoms with Gasteiger partial charge in [-0.25, -0.2) is 13.2 Å². The van der Waals surface area contributed by atoms with Crippen LogP contribution in [-0.2, 0) is 4.79 Å². The van der Waals surface area contributed by atoms with Gasteiger partial charge in [-0.2, -0.15) is 5.26 Å². The SMILES string of the molecule is CCN1CC[C@H](NC(=O)C(C)(C)C#N)[C@@H]1c1cc(F)c(F)c(F)c1. The topological polar surface area (TPSA) is 56.1 Å². The van der Waals surface area contributed by atoms with Gasteiger partial charge in [0.05, 0.1) is 12.1 Å². The van der Waals surface area contributed by atoms with Crippen LogP contribution in [0.1, 0.15) is 38.8 Å². The van der Waals surface area contributed by atoms with Crippen molar-refractivity contribution in [3.63, 3.8) is 0 Å². The quantitative estimate of drug-likeness (QED) is 0.858. The molecule has 0 bridgehead atoms. The molecule has 0 unspecified atom stereocenters. The first-order chi connectivity index (χ1) is 11.2. The Hall–Kier alpha value is -2.07. The molecule has 1 aromatic rings. The Morgan fingerprint density at radius 1 is 1.38 bits per heavy atom. The van der Waals surface area contributed by atoms with Crippen LogP contribution in [0, 0.1) is 34.2 Å². The summed E-state index contributed by atoms with van der Waals surface area (Å²) in [4.78, 5) is 14.2. The first-order valence-corrected chi connectivity index (χ1v) is 7.82. The van der Waals surface area contributed by atoms with Crippen LogP contribution in [0.4, 0.5) is 13.2 Å². The van der Waals surface area contributed by atoms with Crippen molar-refractivity contribution in [1.29, 1.82) is 5.26 Å². The number of hydrogen-bond donors (Lipinski definition) is 1. The highest BCUT2D eigenvalue weighted by Crippen LogP contribution is 2.34. The van der Waals surface area contributed by atoms with Crippen LogP contribution in [0.5, 0.6) is 0 Å². The predicted octanol–water partition coefficient (Wildman–Crippen LogP) is 2.91. The van der Waals surface area contributed by atoms with E-state index in [4.69, 9.17) is 5.26 Å². The van der Waals surface area contributed by atoms with Crippen molar-refractivity contribution >= 4 is 5.91 Å². The van der Waals surface area contributed by atoms with Crippen molar-refractivity contribution in [2.75, 3.05) is 13.1 Å². The molecule has 2 atom stereocenters. The van der Waals surface area contributed by atoms with Crippen LogP contribution in [-0.4, -0.2) is 29.9 Å². The average molecular weight is 339 g/mol. The third-order valence-corrected chi connectivity index (χ3v) is 4.42. The van der Waals surface area contributed by atoms with Crippen LogP contribution in [0.15, 0.2) is 12.1 Å². The minimum absolute atomic E-state index is 0.269. The smallest absolute Gasteiger partial charge is 0.240 e. The highest BCUT2D eigenvalue weighted by molar-refractivity contribution is 5.84. The number of rotatable bonds is 4. The zero-order valence-electron chi connectivity index (χ0n) is 13.9. The fraction of sp³-hybridized carbons (Fsp3) is 0.529. The summed E-state index contributed by atoms with van der Waals surface area (Å²) >= 11 is 0. The molecule has 0 spiro atoms. The van der Waals surface area contributed by atoms with Gasteiger partial charge in [-0.1, -0.05) is 6.92 Å². The number of nitrogens with one attached hydrogen (secondary N) is 1. The Morgan fingerprint density at radius 3 is 2.46 bits per heavy atom. The molecule has 1 amide bonds. The number of halogens is 3. The number of nitrogens with zero attached hydrogens (tertiary/aromatic N) is 2. The lowest BCUT2D eigenvalue weighted by atomic mass is 9.92. The molecule has 1 aliphatic heterocycles. The van der Waals surface area contributed by atoms with Crippen LogP contribution in [0.2, 0.25) is 0 Å². The lowest BCUT2D eigenvalue weighted by molar-refractivity contribution is -0.127. The number of carbonyl (C=O) groups excluding carboxylic acids is 1. The third-order valence-electron chi connectivity index (χ3n) is 4.42. The van der Waals surface area contributed by atoms with E-state index in [1.807, 2.05) is 17.9 Å². The summed E-state index contributed by atoms with van der Waals surface area (Å²) in [5.74, 6) is -4.46. The number of carbonyl (C=O) groups is 1. The Morgan fingerprint density at radius 2 is 1.96 bits per heavy atom. The predicted molar refractivity (Wildman–Crippen MR) is 82.2 cm³/mol. The van der Waals surface area contributed by atoms with Gasteiger partial charge in [0.25, 0.3) is 0 Å². The van der Waals surface area contributed by atoms with Crippen LogP contribution in [0.25, 0.3) is 0 Å². The Kier molecular flexibility index (Phi) is 5.19. The van der Waals surface area contributed by atoms with E-state index in [1.54, 1.807) is 0 Å². The Bertz CT molecular complexity index is 661. The maximum Gasteiger partial charge on any atom is 0.240 e. The van der Waals surface area contributed by atoms with E-state index in [0.717, 1.165) is 12.1 Å². The van der Waals surface area contributed by atoms with Crippen molar-refractivity contribution < 1.29 is 18.0 Å². The molecule has 130 valence electrons. The zero-order chi connectivity index (χ0) is 18.1. The number of nitriles is 1. The number of likely N-dealkylation sites (N-methyl/N-ethyl adjacent to an activating group) is 1. The van der Waals surface area contributed by atoms with E-state index in [0.29, 0.717) is 19.5 Å². The number of hydrogen-bond acceptors (Lipinski definition) is 3. The third kappa shape index (κ3) is 3.39. The van der Waals surface area contributed by atoms with Gasteiger partial charge in [0.2, 0.25) is 5.91 Å². The Balaban J connectivity index is 2.33. The minimum atomic E-state index is -1.51. The molecular formula is C17H20F3N3O. The molecule has 0 aliphatic carbocycles. The van der Waals surface area contributed by atoms with Gasteiger partial charge >= 0.3 is 0 Å². The monoisotopic (exact) mass is 339 g/mol. The summed E-state index contributed by atoms with van der Waals surface area (Å²) in [6, 6.07) is 2.97. The molecule has 4 nitrogen and oxygen atoms in total. The molecule has 1 aromatic carbocycles. The molecule has 1 fully saturated rings. The second-order valence-electron chi connectivity index (χ2n) is 6.48. The standard InChI is InChI=1S/C17H20F3N3O/c1-4-23-6-5-13(22-16(24)17(2,3)9-21)15(23)10-7-11(18)14(20)12(19)8-10/h7-8,13,15H,4-6H2,1-3H3,(H,22,24)/t13-,15-/m0/s1. The molecule has 1 aliphatic rings. The Labute approximate surface area is 139 Å². The highest BCUT2D eigenvalue weighted by atomic mass is 19.2. The zero-order valence-corrected chi connectivity index (χ0v) is 13.9. The summed E-state index contributed by atoms with van der Waals surface area (Å²) in [6.45, 7) is 6.13. The van der Waals surface area contributed by atoms with E-state index in [2.05, 4.69) is 5.32 Å². The van der Waals surface area contributed by atoms with Gasteiger partial charge < -0.3 is 5.32 Å². The first kappa shape index (κ1) is 18.3. The number of amides is 1. The average Bonchev–Trinajstić information content (AvgIpc) is 2.94. The first-order valence-electron chi connectivity index (χ1n) is 7.82. The summed E-state index contributed by atoms with van der Waals surface area (Å²) in [5, 5.41) is 11.9. The van der Waals surface area contributed by atoms with Crippen LogP contribution in [0.3, 0.4) is 0 Å². The number of benzene rings is 1. The minimum Gasteiger partial charge on any atom is -0.350 e. The molecule has 1 saturated heterocycles. The highest BCUT2D eigenvalue weighted by Gasteiger charge is 2.39. The van der Waals surface area contributed by atoms with Gasteiger partial charge in [0.15, 0.2) is 17.5 Å². The van der Waals surface area contributed by atoms with Crippen LogP contribution >= 0.6 is 0 Å². The molecule has 1 N–H and O–H groups in total. The lowest BCUT2D eigenvalue weighted by Gasteiger charge is -2.29. The summed E-state index contributed by atoms with van der Waals surface area (Å²) in [5.41, 5.74) is -0.936. The van der Waals surface area contributed by atoms with E-state index in [-0.39, 0.29) is 5.56 Å². The van der Waals surface area contributed by atoms with Crippen molar-refractivity contribution in [3.05, 3.63) is 35.1 Å². The maximum atomic E-state index is 13.6. The lowest BCUT2D eigenvalue weighted by Crippen LogP contribution is -2.45. The van der Waals surface area contributed by atoms with E-state index < -0.39 is 40.9 Å². The van der Waals surface area contributed by atoms with Crippen molar-refractivity contribution in [3.8, 4) is 6.07 Å². The maximum absolute atomic E-state index is 13.6. The molecule has 1 heterocycles. The molecule has 24 heavy (non-hydrogen) atoms. The summed E-state index contributed by atoms with van der Waals surface area (Å²) < 4.78 is 40.4. The fourth-order valence-electron chi connectivity index (χ4n) is 2.95. The van der Waals surface area contributed by atoms with Gasteiger partial charge in [0.1, 0.15) is 5.41 Å². The fourth-order valence-corrected chi connectivity index (χ4v) is 2.95. The van der Waals surface area contributed by atoms with Crippen molar-refractivity contribution in [1.82, 2.24) is 10.2 Å². The van der Waals surface area contributed by atoms with E-state index in [1.165, 1.54) is 13.8 Å². The molecule has 2 rings (SSSR count). The molecule has 0 saturated carbocycles. The molecular weight excluding hydrogens is 319 g/mol. The molecule has 0 aromatic heterocycles. The summed E-state index contributed by atoms with van der Waals surface area (Å²) in [7, 11) is 0. The molecule has 7 heteroatoms. The largest absolute Gasteiger partial charge is 0.350 e. The number of likely N-dealkylation sites (tertiary alicyclic amines) is 1. The second kappa shape index (κ2) is 6.81. The molecule has 0 radical (unpaired) electrons. The summed E-state index contributed by atoms with van der Waals surface area (Å²) in [6.07, 6.45) is 0.576. The van der Waals surface area contributed by atoms with Gasteiger partial charge in [0, 0.05) is 12.6 Å². The van der Waals surface area contributed by atoms with Gasteiger partial charge in [-0.05, 0) is 44.5 Å². The van der Waals surface area contributed by atoms with Crippen molar-refractivity contribution in [2.24, 2.45) is 5.41 Å². The van der Waals surface area contributed by atoms with Crippen LogP contribution < -0.4 is 5.32 Å². The van der Waals surface area contributed by atoms with E-state index >= 15 is 0 Å². The van der Waals surface area contributed by atoms with Gasteiger partial charge in [-0.3, -0.25) is 9.69 Å². The van der Waals surface area contributed by atoms with E-state index in [9.17, 15) is 18.0 Å². The normalized spacial score (nSPS) is 21.5. The van der Waals surface area contributed by atoms with Crippen molar-refractivity contribution in [2.45, 2.75) is 39.3 Å².